The maximum absolute atomic E-state index is 12.1. The molecule has 0 spiro atoms. The number of rotatable bonds is 6. The molecule has 0 aromatic rings. The molecule has 1 amide bonds. The molecular formula is C14H23NO3S2. The predicted molar refractivity (Wildman–Crippen MR) is 84.2 cm³/mol. The van der Waals surface area contributed by atoms with Crippen LogP contribution in [0.5, 0.6) is 0 Å². The van der Waals surface area contributed by atoms with Crippen LogP contribution in [0.25, 0.3) is 0 Å². The second-order valence-electron chi connectivity index (χ2n) is 5.36. The summed E-state index contributed by atoms with van der Waals surface area (Å²) in [5.74, 6) is 1.10. The SMILES string of the molecule is COC(=O)CS[C@@H]1CCN(C(=O)CSC2CCCC2)C1. The molecular weight excluding hydrogens is 294 g/mol. The normalized spacial score (nSPS) is 23.2. The Morgan fingerprint density at radius 2 is 1.80 bits per heavy atom. The number of carbonyl (C=O) groups is 2. The molecule has 1 saturated heterocycles. The number of hydrogen-bond donors (Lipinski definition) is 0. The second kappa shape index (κ2) is 8.17. The summed E-state index contributed by atoms with van der Waals surface area (Å²) in [6, 6.07) is 0. The maximum atomic E-state index is 12.1. The highest BCUT2D eigenvalue weighted by Crippen LogP contribution is 2.30. The number of ether oxygens (including phenoxy) is 1. The molecule has 0 aromatic heterocycles. The maximum Gasteiger partial charge on any atom is 0.315 e. The van der Waals surface area contributed by atoms with Gasteiger partial charge in [-0.25, -0.2) is 0 Å². The van der Waals surface area contributed by atoms with Gasteiger partial charge >= 0.3 is 5.97 Å². The quantitative estimate of drug-likeness (QED) is 0.703. The second-order valence-corrected chi connectivity index (χ2v) is 7.93. The Labute approximate surface area is 129 Å². The average Bonchev–Trinajstić information content (AvgIpc) is 3.13. The van der Waals surface area contributed by atoms with Gasteiger partial charge in [-0.3, -0.25) is 9.59 Å². The average molecular weight is 317 g/mol. The predicted octanol–water partition coefficient (Wildman–Crippen LogP) is 2.17. The zero-order valence-electron chi connectivity index (χ0n) is 12.0. The van der Waals surface area contributed by atoms with Gasteiger partial charge in [-0.05, 0) is 19.3 Å². The number of esters is 1. The van der Waals surface area contributed by atoms with Crippen molar-refractivity contribution in [2.45, 2.75) is 42.6 Å². The number of carbonyl (C=O) groups excluding carboxylic acids is 2. The van der Waals surface area contributed by atoms with Crippen molar-refractivity contribution >= 4 is 35.4 Å². The standard InChI is InChI=1S/C14H23NO3S2/c1-18-14(17)10-20-12-6-7-15(8-12)13(16)9-19-11-4-2-3-5-11/h11-12H,2-10H2,1H3/t12-/m1/s1. The Kier molecular flexibility index (Phi) is 6.55. The largest absolute Gasteiger partial charge is 0.468 e. The Hall–Kier alpha value is -0.360. The van der Waals surface area contributed by atoms with Gasteiger partial charge in [0, 0.05) is 23.6 Å². The van der Waals surface area contributed by atoms with Crippen LogP contribution in [0, 0.1) is 0 Å². The fraction of sp³-hybridized carbons (Fsp3) is 0.857. The highest BCUT2D eigenvalue weighted by Gasteiger charge is 2.27. The molecule has 2 fully saturated rings. The van der Waals surface area contributed by atoms with Gasteiger partial charge in [-0.15, -0.1) is 23.5 Å². The van der Waals surface area contributed by atoms with Crippen molar-refractivity contribution < 1.29 is 14.3 Å². The van der Waals surface area contributed by atoms with E-state index in [0.717, 1.165) is 19.5 Å². The molecule has 2 rings (SSSR count). The molecule has 1 heterocycles. The minimum Gasteiger partial charge on any atom is -0.468 e. The number of nitrogens with zero attached hydrogens (tertiary/aromatic N) is 1. The molecule has 2 aliphatic rings. The molecule has 0 bridgehead atoms. The van der Waals surface area contributed by atoms with Crippen molar-refractivity contribution in [3.05, 3.63) is 0 Å². The lowest BCUT2D eigenvalue weighted by Crippen LogP contribution is -2.31. The number of hydrogen-bond acceptors (Lipinski definition) is 5. The van der Waals surface area contributed by atoms with Gasteiger partial charge in [0.15, 0.2) is 0 Å². The number of amides is 1. The molecule has 0 N–H and O–H groups in total. The van der Waals surface area contributed by atoms with E-state index in [4.69, 9.17) is 0 Å². The van der Waals surface area contributed by atoms with Crippen molar-refractivity contribution in [3.8, 4) is 0 Å². The number of likely N-dealkylation sites (tertiary alicyclic amines) is 1. The Balaban J connectivity index is 1.63. The van der Waals surface area contributed by atoms with E-state index in [-0.39, 0.29) is 11.9 Å². The molecule has 1 aliphatic carbocycles. The first-order valence-corrected chi connectivity index (χ1v) is 9.36. The van der Waals surface area contributed by atoms with E-state index < -0.39 is 0 Å². The van der Waals surface area contributed by atoms with E-state index >= 15 is 0 Å². The lowest BCUT2D eigenvalue weighted by atomic mass is 10.4. The first-order valence-electron chi connectivity index (χ1n) is 7.27. The summed E-state index contributed by atoms with van der Waals surface area (Å²) in [5, 5.41) is 1.08. The summed E-state index contributed by atoms with van der Waals surface area (Å²) >= 11 is 3.44. The molecule has 0 aromatic carbocycles. The summed E-state index contributed by atoms with van der Waals surface area (Å²) in [6.07, 6.45) is 6.18. The van der Waals surface area contributed by atoms with Crippen LogP contribution >= 0.6 is 23.5 Å². The molecule has 6 heteroatoms. The monoisotopic (exact) mass is 317 g/mol. The minimum absolute atomic E-state index is 0.184. The fourth-order valence-corrected chi connectivity index (χ4v) is 4.95. The molecule has 1 atom stereocenters. The lowest BCUT2D eigenvalue weighted by molar-refractivity contribution is -0.137. The summed E-state index contributed by atoms with van der Waals surface area (Å²) in [5.41, 5.74) is 0. The molecule has 1 aliphatic heterocycles. The third kappa shape index (κ3) is 4.88. The van der Waals surface area contributed by atoms with Crippen LogP contribution < -0.4 is 0 Å². The van der Waals surface area contributed by atoms with Crippen LogP contribution in [0.15, 0.2) is 0 Å². The first-order chi connectivity index (χ1) is 9.69. The van der Waals surface area contributed by atoms with Crippen LogP contribution in [0.1, 0.15) is 32.1 Å². The molecule has 0 unspecified atom stereocenters. The van der Waals surface area contributed by atoms with Gasteiger partial charge in [0.2, 0.25) is 5.91 Å². The van der Waals surface area contributed by atoms with E-state index in [1.54, 1.807) is 11.8 Å². The molecule has 4 nitrogen and oxygen atoms in total. The minimum atomic E-state index is -0.184. The molecule has 114 valence electrons. The third-order valence-electron chi connectivity index (χ3n) is 3.91. The van der Waals surface area contributed by atoms with Crippen molar-refractivity contribution in [1.82, 2.24) is 4.90 Å². The zero-order valence-corrected chi connectivity index (χ0v) is 13.6. The summed E-state index contributed by atoms with van der Waals surface area (Å²) < 4.78 is 4.64. The highest BCUT2D eigenvalue weighted by molar-refractivity contribution is 8.00. The van der Waals surface area contributed by atoms with E-state index in [1.807, 2.05) is 16.7 Å². The van der Waals surface area contributed by atoms with Gasteiger partial charge < -0.3 is 9.64 Å². The van der Waals surface area contributed by atoms with Gasteiger partial charge in [0.1, 0.15) is 0 Å². The molecule has 0 radical (unpaired) electrons. The van der Waals surface area contributed by atoms with Gasteiger partial charge in [-0.2, -0.15) is 0 Å². The van der Waals surface area contributed by atoms with Gasteiger partial charge in [-0.1, -0.05) is 12.8 Å². The van der Waals surface area contributed by atoms with Crippen LogP contribution in [0.4, 0.5) is 0 Å². The van der Waals surface area contributed by atoms with Gasteiger partial charge in [0.05, 0.1) is 18.6 Å². The fourth-order valence-electron chi connectivity index (χ4n) is 2.67. The van der Waals surface area contributed by atoms with Crippen LogP contribution in [-0.4, -0.2) is 59.0 Å². The summed E-state index contributed by atoms with van der Waals surface area (Å²) in [6.45, 7) is 1.62. The molecule has 1 saturated carbocycles. The van der Waals surface area contributed by atoms with Crippen molar-refractivity contribution in [3.63, 3.8) is 0 Å². The smallest absolute Gasteiger partial charge is 0.315 e. The first kappa shape index (κ1) is 16.0. The lowest BCUT2D eigenvalue weighted by Gasteiger charge is -2.17. The van der Waals surface area contributed by atoms with Gasteiger partial charge in [0.25, 0.3) is 0 Å². The van der Waals surface area contributed by atoms with E-state index in [1.165, 1.54) is 32.8 Å². The van der Waals surface area contributed by atoms with Crippen LogP contribution in [-0.2, 0) is 14.3 Å². The van der Waals surface area contributed by atoms with Crippen molar-refractivity contribution in [2.75, 3.05) is 31.7 Å². The highest BCUT2D eigenvalue weighted by atomic mass is 32.2. The van der Waals surface area contributed by atoms with Crippen molar-refractivity contribution in [2.24, 2.45) is 0 Å². The third-order valence-corrected chi connectivity index (χ3v) is 6.52. The topological polar surface area (TPSA) is 46.6 Å². The Morgan fingerprint density at radius 1 is 1.10 bits per heavy atom. The van der Waals surface area contributed by atoms with E-state index in [0.29, 0.717) is 22.0 Å². The van der Waals surface area contributed by atoms with E-state index in [9.17, 15) is 9.59 Å². The Bertz CT molecular complexity index is 345. The summed E-state index contributed by atoms with van der Waals surface area (Å²) in [4.78, 5) is 25.2. The zero-order chi connectivity index (χ0) is 14.4. The molecule has 20 heavy (non-hydrogen) atoms. The van der Waals surface area contributed by atoms with E-state index in [2.05, 4.69) is 4.74 Å². The number of methoxy groups -OCH3 is 1. The Morgan fingerprint density at radius 3 is 2.50 bits per heavy atom. The number of thioether (sulfide) groups is 2. The van der Waals surface area contributed by atoms with Crippen LogP contribution in [0.3, 0.4) is 0 Å². The van der Waals surface area contributed by atoms with Crippen LogP contribution in [0.2, 0.25) is 0 Å². The van der Waals surface area contributed by atoms with Crippen molar-refractivity contribution in [1.29, 1.82) is 0 Å². The summed E-state index contributed by atoms with van der Waals surface area (Å²) in [7, 11) is 1.41.